The minimum Gasteiger partial charge on any atom is -0.317 e. The molecule has 0 bridgehead atoms. The fraction of sp³-hybridized carbons (Fsp3) is 0.727. The van der Waals surface area contributed by atoms with Crippen molar-refractivity contribution in [1.82, 2.24) is 15.1 Å². The van der Waals surface area contributed by atoms with Gasteiger partial charge in [-0.15, -0.1) is 0 Å². The van der Waals surface area contributed by atoms with E-state index in [-0.39, 0.29) is 0 Å². The molecule has 0 aliphatic carbocycles. The quantitative estimate of drug-likeness (QED) is 0.775. The number of aryl methyl sites for hydroxylation is 3. The van der Waals surface area contributed by atoms with Crippen LogP contribution in [0.1, 0.15) is 31.7 Å². The molecule has 0 aliphatic heterocycles. The number of nitrogens with zero attached hydrogens (tertiary/aromatic N) is 2. The van der Waals surface area contributed by atoms with Gasteiger partial charge >= 0.3 is 0 Å². The Kier molecular flexibility index (Phi) is 4.14. The van der Waals surface area contributed by atoms with Gasteiger partial charge in [0.05, 0.1) is 5.69 Å². The van der Waals surface area contributed by atoms with Crippen molar-refractivity contribution in [3.8, 4) is 0 Å². The molecular weight excluding hydrogens is 174 g/mol. The van der Waals surface area contributed by atoms with Gasteiger partial charge in [0.1, 0.15) is 0 Å². The van der Waals surface area contributed by atoms with E-state index >= 15 is 0 Å². The highest BCUT2D eigenvalue weighted by Gasteiger charge is 2.05. The molecule has 0 radical (unpaired) electrons. The maximum atomic E-state index is 4.43. The van der Waals surface area contributed by atoms with Crippen LogP contribution in [0.4, 0.5) is 0 Å². The Morgan fingerprint density at radius 3 is 2.86 bits per heavy atom. The van der Waals surface area contributed by atoms with Crippen molar-refractivity contribution in [3.63, 3.8) is 0 Å². The van der Waals surface area contributed by atoms with Gasteiger partial charge in [0.15, 0.2) is 0 Å². The maximum absolute atomic E-state index is 4.43. The average Bonchev–Trinajstić information content (AvgIpc) is 2.55. The second-order valence-corrected chi connectivity index (χ2v) is 3.82. The first-order chi connectivity index (χ1) is 6.67. The molecule has 0 saturated heterocycles. The van der Waals surface area contributed by atoms with Gasteiger partial charge in [-0.2, -0.15) is 5.10 Å². The van der Waals surface area contributed by atoms with E-state index in [1.807, 2.05) is 7.05 Å². The number of hydrogen-bond donors (Lipinski definition) is 1. The lowest BCUT2D eigenvalue weighted by Crippen LogP contribution is -2.22. The van der Waals surface area contributed by atoms with Crippen molar-refractivity contribution in [3.05, 3.63) is 17.5 Å². The van der Waals surface area contributed by atoms with E-state index in [2.05, 4.69) is 41.9 Å². The van der Waals surface area contributed by atoms with Gasteiger partial charge < -0.3 is 5.32 Å². The summed E-state index contributed by atoms with van der Waals surface area (Å²) in [4.78, 5) is 0. The molecule has 1 atom stereocenters. The van der Waals surface area contributed by atoms with E-state index in [1.165, 1.54) is 12.1 Å². The monoisotopic (exact) mass is 195 g/mol. The molecule has 1 heterocycles. The number of rotatable bonds is 5. The Balaban J connectivity index is 2.57. The third kappa shape index (κ3) is 2.84. The molecular formula is C11H21N3. The molecule has 1 unspecified atom stereocenters. The third-order valence-corrected chi connectivity index (χ3v) is 2.61. The Labute approximate surface area is 86.5 Å². The Bertz CT molecular complexity index is 278. The van der Waals surface area contributed by atoms with Crippen molar-refractivity contribution < 1.29 is 0 Å². The maximum Gasteiger partial charge on any atom is 0.0596 e. The third-order valence-electron chi connectivity index (χ3n) is 2.61. The molecule has 0 amide bonds. The van der Waals surface area contributed by atoms with Crippen LogP contribution in [0.25, 0.3) is 0 Å². The molecule has 1 aromatic heterocycles. The molecule has 1 rings (SSSR count). The molecule has 0 saturated carbocycles. The van der Waals surface area contributed by atoms with Crippen LogP contribution in [0.5, 0.6) is 0 Å². The van der Waals surface area contributed by atoms with Crippen LogP contribution in [0.2, 0.25) is 0 Å². The number of hydrogen-bond acceptors (Lipinski definition) is 2. The van der Waals surface area contributed by atoms with E-state index in [4.69, 9.17) is 0 Å². The Morgan fingerprint density at radius 2 is 2.29 bits per heavy atom. The first-order valence-electron chi connectivity index (χ1n) is 5.38. The molecule has 80 valence electrons. The molecule has 14 heavy (non-hydrogen) atoms. The van der Waals surface area contributed by atoms with E-state index < -0.39 is 0 Å². The molecule has 0 aliphatic rings. The van der Waals surface area contributed by atoms with Crippen LogP contribution in [-0.2, 0) is 13.0 Å². The van der Waals surface area contributed by atoms with Crippen molar-refractivity contribution >= 4 is 0 Å². The van der Waals surface area contributed by atoms with E-state index in [9.17, 15) is 0 Å². The van der Waals surface area contributed by atoms with Crippen LogP contribution >= 0.6 is 0 Å². The lowest BCUT2D eigenvalue weighted by Gasteiger charge is -2.10. The van der Waals surface area contributed by atoms with Gasteiger partial charge in [-0.3, -0.25) is 4.68 Å². The normalized spacial score (nSPS) is 13.1. The topological polar surface area (TPSA) is 29.9 Å². The van der Waals surface area contributed by atoms with Crippen molar-refractivity contribution in [2.24, 2.45) is 0 Å². The smallest absolute Gasteiger partial charge is 0.0596 e. The fourth-order valence-electron chi connectivity index (χ4n) is 1.58. The summed E-state index contributed by atoms with van der Waals surface area (Å²) in [7, 11) is 2.01. The minimum absolute atomic E-state index is 0.579. The van der Waals surface area contributed by atoms with Gasteiger partial charge in [0, 0.05) is 18.3 Å². The lowest BCUT2D eigenvalue weighted by molar-refractivity contribution is 0.538. The predicted molar refractivity (Wildman–Crippen MR) is 59.5 cm³/mol. The van der Waals surface area contributed by atoms with Gasteiger partial charge in [0.2, 0.25) is 0 Å². The van der Waals surface area contributed by atoms with Crippen LogP contribution in [-0.4, -0.2) is 22.9 Å². The first-order valence-corrected chi connectivity index (χ1v) is 5.38. The largest absolute Gasteiger partial charge is 0.317 e. The van der Waals surface area contributed by atoms with Crippen LogP contribution in [0, 0.1) is 6.92 Å². The fourth-order valence-corrected chi connectivity index (χ4v) is 1.58. The van der Waals surface area contributed by atoms with Gasteiger partial charge in [-0.1, -0.05) is 0 Å². The minimum atomic E-state index is 0.579. The highest BCUT2D eigenvalue weighted by molar-refractivity contribution is 5.09. The standard InChI is InChI=1S/C11H21N3/c1-5-14-11(8-10(3)13-14)7-6-9(2)12-4/h8-9,12H,5-7H2,1-4H3. The zero-order chi connectivity index (χ0) is 10.6. The highest BCUT2D eigenvalue weighted by Crippen LogP contribution is 2.07. The zero-order valence-corrected chi connectivity index (χ0v) is 9.67. The van der Waals surface area contributed by atoms with Gasteiger partial charge in [0.25, 0.3) is 0 Å². The summed E-state index contributed by atoms with van der Waals surface area (Å²) in [6, 6.07) is 2.77. The summed E-state index contributed by atoms with van der Waals surface area (Å²) < 4.78 is 2.09. The Hall–Kier alpha value is -0.830. The molecule has 1 aromatic rings. The average molecular weight is 195 g/mol. The van der Waals surface area contributed by atoms with Crippen molar-refractivity contribution in [2.45, 2.75) is 46.2 Å². The number of aromatic nitrogens is 2. The lowest BCUT2D eigenvalue weighted by atomic mass is 10.1. The summed E-state index contributed by atoms with van der Waals surface area (Å²) in [5.41, 5.74) is 2.48. The Morgan fingerprint density at radius 1 is 1.57 bits per heavy atom. The van der Waals surface area contributed by atoms with Crippen molar-refractivity contribution in [2.75, 3.05) is 7.05 Å². The van der Waals surface area contributed by atoms with Gasteiger partial charge in [-0.05, 0) is 46.7 Å². The van der Waals surface area contributed by atoms with Crippen LogP contribution < -0.4 is 5.32 Å². The van der Waals surface area contributed by atoms with E-state index in [1.54, 1.807) is 0 Å². The summed E-state index contributed by atoms with van der Waals surface area (Å²) in [6.07, 6.45) is 2.28. The first kappa shape index (κ1) is 11.2. The predicted octanol–water partition coefficient (Wildman–Crippen LogP) is 1.75. The van der Waals surface area contributed by atoms with Crippen molar-refractivity contribution in [1.29, 1.82) is 0 Å². The summed E-state index contributed by atoms with van der Waals surface area (Å²) in [5, 5.41) is 7.68. The summed E-state index contributed by atoms with van der Waals surface area (Å²) in [6.45, 7) is 7.37. The molecule has 3 heteroatoms. The van der Waals surface area contributed by atoms with Crippen LogP contribution in [0.3, 0.4) is 0 Å². The molecule has 3 nitrogen and oxygen atoms in total. The van der Waals surface area contributed by atoms with Gasteiger partial charge in [-0.25, -0.2) is 0 Å². The second-order valence-electron chi connectivity index (χ2n) is 3.82. The molecule has 0 spiro atoms. The number of nitrogens with one attached hydrogen (secondary N) is 1. The van der Waals surface area contributed by atoms with E-state index in [0.717, 1.165) is 18.7 Å². The van der Waals surface area contributed by atoms with Crippen LogP contribution in [0.15, 0.2) is 6.07 Å². The molecule has 1 N–H and O–H groups in total. The highest BCUT2D eigenvalue weighted by atomic mass is 15.3. The second kappa shape index (κ2) is 5.15. The zero-order valence-electron chi connectivity index (χ0n) is 9.67. The summed E-state index contributed by atoms with van der Waals surface area (Å²) in [5.74, 6) is 0. The molecule has 0 fully saturated rings. The molecule has 0 aromatic carbocycles. The summed E-state index contributed by atoms with van der Waals surface area (Å²) >= 11 is 0. The SMILES string of the molecule is CCn1nc(C)cc1CCC(C)NC. The van der Waals surface area contributed by atoms with E-state index in [0.29, 0.717) is 6.04 Å².